The van der Waals surface area contributed by atoms with Crippen molar-refractivity contribution < 1.29 is 17.7 Å². The first kappa shape index (κ1) is 43.8. The monoisotopic (exact) mass is 1040 g/mol. The number of rotatable bonds is 6. The Labute approximate surface area is 450 Å². The van der Waals surface area contributed by atoms with Crippen LogP contribution in [0.2, 0.25) is 26.2 Å². The summed E-state index contributed by atoms with van der Waals surface area (Å²) >= 11 is 0. The predicted octanol–water partition coefficient (Wildman–Crippen LogP) is 17.8. The van der Waals surface area contributed by atoms with E-state index in [1.165, 1.54) is 43.0 Å². The summed E-state index contributed by atoms with van der Waals surface area (Å²) in [5.74, 6) is 0. The van der Waals surface area contributed by atoms with Crippen LogP contribution in [0.25, 0.3) is 110 Å². The number of benzene rings is 11. The van der Waals surface area contributed by atoms with Crippen molar-refractivity contribution in [2.24, 2.45) is 0 Å². The van der Waals surface area contributed by atoms with Crippen LogP contribution in [0.1, 0.15) is 0 Å². The molecule has 4 aromatic heterocycles. The van der Waals surface area contributed by atoms with Crippen LogP contribution in [0.5, 0.6) is 0 Å². The normalized spacial score (nSPS) is 14.1. The zero-order valence-electron chi connectivity index (χ0n) is 43.3. The van der Waals surface area contributed by atoms with E-state index in [-0.39, 0.29) is 0 Å². The first-order chi connectivity index (χ1) is 38.2. The fourth-order valence-electron chi connectivity index (χ4n) is 14.0. The van der Waals surface area contributed by atoms with Gasteiger partial charge in [-0.05, 0) is 110 Å². The van der Waals surface area contributed by atoms with Gasteiger partial charge in [0, 0.05) is 54.6 Å². The molecule has 0 unspecified atom stereocenters. The lowest BCUT2D eigenvalue weighted by molar-refractivity contribution is 0.666. The van der Waals surface area contributed by atoms with Crippen molar-refractivity contribution in [3.05, 3.63) is 218 Å². The van der Waals surface area contributed by atoms with Gasteiger partial charge in [-0.25, -0.2) is 0 Å². The fraction of sp³-hybridized carbons (Fsp3) is 0.0571. The smallest absolute Gasteiger partial charge is 0.160 e. The van der Waals surface area contributed by atoms with Gasteiger partial charge in [0.2, 0.25) is 0 Å². The van der Waals surface area contributed by atoms with Crippen LogP contribution < -0.4 is 30.5 Å². The van der Waals surface area contributed by atoms with Gasteiger partial charge in [-0.2, -0.15) is 0 Å². The molecule has 6 nitrogen and oxygen atoms in total. The first-order valence-electron chi connectivity index (χ1n) is 26.9. The number of fused-ring (bicyclic) bond motifs is 21. The summed E-state index contributed by atoms with van der Waals surface area (Å²) in [7, 11) is -5.21. The van der Waals surface area contributed by atoms with Gasteiger partial charge in [0.05, 0.1) is 28.1 Å². The minimum absolute atomic E-state index is 0.840. The summed E-state index contributed by atoms with van der Waals surface area (Å²) in [5, 5.41) is 14.6. The molecular formula is C70H48N2O4Si2. The van der Waals surface area contributed by atoms with Crippen molar-refractivity contribution in [1.82, 2.24) is 0 Å². The molecule has 0 saturated heterocycles. The Morgan fingerprint density at radius 3 is 1.22 bits per heavy atom. The molecule has 0 radical (unpaired) electrons. The lowest BCUT2D eigenvalue weighted by Crippen LogP contribution is -2.63. The second-order valence-electron chi connectivity index (χ2n) is 22.2. The van der Waals surface area contributed by atoms with Crippen molar-refractivity contribution in [3.63, 3.8) is 0 Å². The fourth-order valence-corrected chi connectivity index (χ4v) is 22.5. The number of hydrogen-bond acceptors (Lipinski definition) is 6. The molecule has 2 aliphatic rings. The maximum absolute atomic E-state index is 7.31. The maximum Gasteiger partial charge on any atom is 0.160 e. The van der Waals surface area contributed by atoms with Crippen LogP contribution >= 0.6 is 0 Å². The largest absolute Gasteiger partial charge is 0.455 e. The zero-order valence-corrected chi connectivity index (χ0v) is 45.3. The third-order valence-electron chi connectivity index (χ3n) is 17.4. The highest BCUT2D eigenvalue weighted by molar-refractivity contribution is 7.13. The summed E-state index contributed by atoms with van der Waals surface area (Å²) < 4.78 is 28.2. The summed E-state index contributed by atoms with van der Waals surface area (Å²) in [6, 6.07) is 78.4. The predicted molar refractivity (Wildman–Crippen MR) is 329 cm³/mol. The highest BCUT2D eigenvalue weighted by Gasteiger charge is 2.50. The molecule has 0 aliphatic carbocycles. The molecule has 2 aliphatic heterocycles. The lowest BCUT2D eigenvalue weighted by Gasteiger charge is -2.30. The first-order valence-corrected chi connectivity index (χ1v) is 32.9. The summed E-state index contributed by atoms with van der Waals surface area (Å²) in [4.78, 5) is 4.81. The van der Waals surface area contributed by atoms with Crippen LogP contribution in [0, 0.1) is 0 Å². The average molecular weight is 1040 g/mol. The van der Waals surface area contributed by atoms with Gasteiger partial charge in [-0.1, -0.05) is 172 Å². The third kappa shape index (κ3) is 5.74. The third-order valence-corrected chi connectivity index (χ3v) is 24.6. The molecule has 17 rings (SSSR count). The van der Waals surface area contributed by atoms with E-state index >= 15 is 0 Å². The second kappa shape index (κ2) is 15.6. The summed E-state index contributed by atoms with van der Waals surface area (Å²) in [6.07, 6.45) is 0. The molecular weight excluding hydrogens is 989 g/mol. The van der Waals surface area contributed by atoms with Gasteiger partial charge < -0.3 is 27.5 Å². The van der Waals surface area contributed by atoms with E-state index in [4.69, 9.17) is 17.7 Å². The Morgan fingerprint density at radius 1 is 0.295 bits per heavy atom. The minimum atomic E-state index is -2.61. The standard InChI is InChI=1S/C70H48N2O4Si2/c1-77(2)59-40-54(72(42-23-9-6-10-24-42)52-32-20-30-46-44-26-12-16-34-56(44)74-66(46)52)67-64(48-28-14-18-36-58(48)75-67)62(59)49-37-38-50-63-60(78(3,4)70(50)69(49)77)39-53(61-47-27-13-17-35-57(47)76-68(61)63)71(41-21-7-5-8-22-41)51-31-19-29-45-43-25-11-15-33-55(43)73-65(45)51/h5-40H,1-4H3. The van der Waals surface area contributed by atoms with Gasteiger partial charge in [0.15, 0.2) is 16.7 Å². The topological polar surface area (TPSA) is 59.0 Å². The molecule has 0 saturated carbocycles. The lowest BCUT2D eigenvalue weighted by atomic mass is 9.95. The Balaban J connectivity index is 0.933. The molecule has 6 heterocycles. The Morgan fingerprint density at radius 2 is 0.679 bits per heavy atom. The van der Waals surface area contributed by atoms with E-state index in [0.717, 1.165) is 122 Å². The van der Waals surface area contributed by atoms with Gasteiger partial charge >= 0.3 is 0 Å². The van der Waals surface area contributed by atoms with Crippen molar-refractivity contribution in [3.8, 4) is 22.3 Å². The second-order valence-corrected chi connectivity index (χ2v) is 30.8. The molecule has 15 aromatic rings. The highest BCUT2D eigenvalue weighted by Crippen LogP contribution is 2.53. The van der Waals surface area contributed by atoms with E-state index in [1.807, 2.05) is 12.1 Å². The summed E-state index contributed by atoms with van der Waals surface area (Å²) in [5.41, 5.74) is 18.2. The average Bonchev–Trinajstić information content (AvgIpc) is 4.48. The molecule has 0 amide bonds. The van der Waals surface area contributed by atoms with Gasteiger partial charge in [0.25, 0.3) is 0 Å². The maximum atomic E-state index is 7.31. The number of nitrogens with zero attached hydrogens (tertiary/aromatic N) is 2. The number of para-hydroxylation sites is 8. The van der Waals surface area contributed by atoms with Crippen LogP contribution in [0.3, 0.4) is 0 Å². The van der Waals surface area contributed by atoms with E-state index in [0.29, 0.717) is 0 Å². The molecule has 8 heteroatoms. The van der Waals surface area contributed by atoms with Gasteiger partial charge in [0.1, 0.15) is 44.1 Å². The zero-order chi connectivity index (χ0) is 51.8. The van der Waals surface area contributed by atoms with E-state index in [1.54, 1.807) is 0 Å². The van der Waals surface area contributed by atoms with Crippen LogP contribution in [0.15, 0.2) is 236 Å². The number of furan rings is 4. The number of anilines is 6. The molecule has 0 atom stereocenters. The van der Waals surface area contributed by atoms with Crippen LogP contribution in [0.4, 0.5) is 34.1 Å². The van der Waals surface area contributed by atoms with Crippen LogP contribution in [-0.4, -0.2) is 16.1 Å². The van der Waals surface area contributed by atoms with Gasteiger partial charge in [-0.15, -0.1) is 0 Å². The SMILES string of the molecule is C[Si]1(C)c2cc(N(c3ccccc3)c3cccc4c3oc3ccccc34)c3c(oc4ccccc43)c2-c2ccc3c(c21)[Si](C)(C)c1cc(N(c2ccccc2)c2cccc4c2oc2ccccc24)c2oc4ccccc4c2c1-3. The van der Waals surface area contributed by atoms with E-state index in [2.05, 4.69) is 242 Å². The molecule has 0 bridgehead atoms. The van der Waals surface area contributed by atoms with Gasteiger partial charge in [-0.3, -0.25) is 0 Å². The Kier molecular flexibility index (Phi) is 8.79. The molecule has 370 valence electrons. The van der Waals surface area contributed by atoms with Crippen molar-refractivity contribution >= 4 is 159 Å². The number of hydrogen-bond donors (Lipinski definition) is 0. The van der Waals surface area contributed by atoms with Crippen molar-refractivity contribution in [1.29, 1.82) is 0 Å². The molecule has 0 spiro atoms. The van der Waals surface area contributed by atoms with Crippen molar-refractivity contribution in [2.75, 3.05) is 9.80 Å². The molecule has 0 fully saturated rings. The highest BCUT2D eigenvalue weighted by atomic mass is 28.3. The molecule has 11 aromatic carbocycles. The van der Waals surface area contributed by atoms with E-state index < -0.39 is 16.1 Å². The minimum Gasteiger partial charge on any atom is -0.455 e. The molecule has 0 N–H and O–H groups in total. The van der Waals surface area contributed by atoms with Crippen molar-refractivity contribution in [2.45, 2.75) is 26.2 Å². The van der Waals surface area contributed by atoms with Crippen LogP contribution in [-0.2, 0) is 0 Å². The Hall–Kier alpha value is -9.35. The van der Waals surface area contributed by atoms with E-state index in [9.17, 15) is 0 Å². The Bertz CT molecular complexity index is 5060. The summed E-state index contributed by atoms with van der Waals surface area (Å²) in [6.45, 7) is 10.3. The molecule has 78 heavy (non-hydrogen) atoms. The quantitative estimate of drug-likeness (QED) is 0.155.